The molecule has 0 radical (unpaired) electrons. The maximum absolute atomic E-state index is 5.43. The molecule has 1 aromatic rings. The molecule has 0 amide bonds. The molecule has 5 nitrogen and oxygen atoms in total. The normalized spacial score (nSPS) is 12.6. The zero-order valence-corrected chi connectivity index (χ0v) is 13.1. The second kappa shape index (κ2) is 9.80. The average Bonchev–Trinajstić information content (AvgIpc) is 2.44. The molecule has 0 aliphatic heterocycles. The van der Waals surface area contributed by atoms with Crippen LogP contribution in [-0.2, 0) is 15.9 Å². The molecule has 1 aromatic heterocycles. The van der Waals surface area contributed by atoms with Crippen LogP contribution in [0.4, 0.5) is 0 Å². The highest BCUT2D eigenvalue weighted by atomic mass is 16.5. The van der Waals surface area contributed by atoms with E-state index in [1.165, 1.54) is 5.56 Å². The Balaban J connectivity index is 2.46. The third-order valence-electron chi connectivity index (χ3n) is 3.14. The monoisotopic (exact) mass is 281 g/mol. The summed E-state index contributed by atoms with van der Waals surface area (Å²) in [6.45, 7) is 9.23. The van der Waals surface area contributed by atoms with Gasteiger partial charge in [-0.3, -0.25) is 0 Å². The average molecular weight is 281 g/mol. The standard InChI is InChI=1S/C15H27N3O2/c1-5-7-16-12(2)14-11-17-15(18-13(14)3)6-8-20-10-9-19-4/h11-12,16H,5-10H2,1-4H3. The van der Waals surface area contributed by atoms with E-state index in [1.807, 2.05) is 13.1 Å². The molecule has 5 heteroatoms. The third-order valence-corrected chi connectivity index (χ3v) is 3.14. The molecule has 20 heavy (non-hydrogen) atoms. The molecular weight excluding hydrogens is 254 g/mol. The Hall–Kier alpha value is -1.04. The summed E-state index contributed by atoms with van der Waals surface area (Å²) in [6.07, 6.45) is 3.79. The van der Waals surface area contributed by atoms with E-state index in [2.05, 4.69) is 29.1 Å². The van der Waals surface area contributed by atoms with Gasteiger partial charge in [-0.15, -0.1) is 0 Å². The molecule has 0 fully saturated rings. The zero-order valence-electron chi connectivity index (χ0n) is 13.1. The van der Waals surface area contributed by atoms with Crippen molar-refractivity contribution in [2.75, 3.05) is 33.5 Å². The first-order valence-electron chi connectivity index (χ1n) is 7.31. The lowest BCUT2D eigenvalue weighted by atomic mass is 10.1. The quantitative estimate of drug-likeness (QED) is 0.665. The lowest BCUT2D eigenvalue weighted by Crippen LogP contribution is -2.21. The Kier molecular flexibility index (Phi) is 8.34. The van der Waals surface area contributed by atoms with Crippen LogP contribution >= 0.6 is 0 Å². The van der Waals surface area contributed by atoms with Gasteiger partial charge in [0.2, 0.25) is 0 Å². The SMILES string of the molecule is CCCNC(C)c1cnc(CCOCCOC)nc1C. The third kappa shape index (κ3) is 5.94. The molecule has 1 N–H and O–H groups in total. The van der Waals surface area contributed by atoms with E-state index in [1.54, 1.807) is 7.11 Å². The first kappa shape index (κ1) is 17.0. The molecule has 1 atom stereocenters. The van der Waals surface area contributed by atoms with Crippen LogP contribution in [0, 0.1) is 6.92 Å². The minimum atomic E-state index is 0.293. The number of rotatable bonds is 10. The summed E-state index contributed by atoms with van der Waals surface area (Å²) in [5.74, 6) is 0.839. The van der Waals surface area contributed by atoms with Gasteiger partial charge in [0.25, 0.3) is 0 Å². The molecule has 0 aliphatic rings. The number of hydrogen-bond acceptors (Lipinski definition) is 5. The van der Waals surface area contributed by atoms with Gasteiger partial charge in [0, 0.05) is 37.0 Å². The number of methoxy groups -OCH3 is 1. The van der Waals surface area contributed by atoms with E-state index in [9.17, 15) is 0 Å². The molecule has 0 bridgehead atoms. The molecule has 114 valence electrons. The van der Waals surface area contributed by atoms with Crippen molar-refractivity contribution >= 4 is 0 Å². The van der Waals surface area contributed by atoms with Gasteiger partial charge in [0.05, 0.1) is 19.8 Å². The number of hydrogen-bond donors (Lipinski definition) is 1. The largest absolute Gasteiger partial charge is 0.382 e. The minimum Gasteiger partial charge on any atom is -0.382 e. The van der Waals surface area contributed by atoms with E-state index in [4.69, 9.17) is 9.47 Å². The van der Waals surface area contributed by atoms with Gasteiger partial charge < -0.3 is 14.8 Å². The molecule has 1 unspecified atom stereocenters. The molecular formula is C15H27N3O2. The number of nitrogens with one attached hydrogen (secondary N) is 1. The fraction of sp³-hybridized carbons (Fsp3) is 0.733. The van der Waals surface area contributed by atoms with E-state index in [0.29, 0.717) is 25.9 Å². The number of aryl methyl sites for hydroxylation is 1. The number of nitrogens with zero attached hydrogens (tertiary/aromatic N) is 2. The Morgan fingerprint density at radius 2 is 2.10 bits per heavy atom. The van der Waals surface area contributed by atoms with Crippen LogP contribution in [0.2, 0.25) is 0 Å². The maximum Gasteiger partial charge on any atom is 0.130 e. The van der Waals surface area contributed by atoms with Gasteiger partial charge in [-0.1, -0.05) is 6.92 Å². The van der Waals surface area contributed by atoms with Crippen molar-refractivity contribution in [2.24, 2.45) is 0 Å². The summed E-state index contributed by atoms with van der Waals surface area (Å²) in [5, 5.41) is 3.46. The Morgan fingerprint density at radius 3 is 2.75 bits per heavy atom. The lowest BCUT2D eigenvalue weighted by Gasteiger charge is -2.15. The van der Waals surface area contributed by atoms with Gasteiger partial charge in [0.15, 0.2) is 0 Å². The van der Waals surface area contributed by atoms with Crippen LogP contribution < -0.4 is 5.32 Å². The molecule has 1 heterocycles. The fourth-order valence-electron chi connectivity index (χ4n) is 1.95. The van der Waals surface area contributed by atoms with Gasteiger partial charge in [-0.2, -0.15) is 0 Å². The van der Waals surface area contributed by atoms with E-state index in [0.717, 1.165) is 30.9 Å². The van der Waals surface area contributed by atoms with Crippen LogP contribution in [0.15, 0.2) is 6.20 Å². The molecule has 0 aromatic carbocycles. The summed E-state index contributed by atoms with van der Waals surface area (Å²) < 4.78 is 10.4. The minimum absolute atomic E-state index is 0.293. The predicted octanol–water partition coefficient (Wildman–Crippen LogP) is 2.05. The zero-order chi connectivity index (χ0) is 14.8. The number of ether oxygens (including phenoxy) is 2. The van der Waals surface area contributed by atoms with Crippen molar-refractivity contribution in [1.29, 1.82) is 0 Å². The van der Waals surface area contributed by atoms with Gasteiger partial charge >= 0.3 is 0 Å². The van der Waals surface area contributed by atoms with Crippen molar-refractivity contribution in [3.05, 3.63) is 23.3 Å². The highest BCUT2D eigenvalue weighted by molar-refractivity contribution is 5.19. The predicted molar refractivity (Wildman–Crippen MR) is 79.9 cm³/mol. The van der Waals surface area contributed by atoms with Gasteiger partial charge in [0.1, 0.15) is 5.82 Å². The topological polar surface area (TPSA) is 56.3 Å². The smallest absolute Gasteiger partial charge is 0.130 e. The maximum atomic E-state index is 5.43. The van der Waals surface area contributed by atoms with Crippen LogP contribution in [0.1, 0.15) is 43.4 Å². The van der Waals surface area contributed by atoms with Crippen LogP contribution in [-0.4, -0.2) is 43.4 Å². The summed E-state index contributed by atoms with van der Waals surface area (Å²) in [6, 6.07) is 0.293. The highest BCUT2D eigenvalue weighted by Gasteiger charge is 2.10. The van der Waals surface area contributed by atoms with Crippen molar-refractivity contribution in [3.63, 3.8) is 0 Å². The van der Waals surface area contributed by atoms with E-state index < -0.39 is 0 Å². The fourth-order valence-corrected chi connectivity index (χ4v) is 1.95. The van der Waals surface area contributed by atoms with Crippen molar-refractivity contribution < 1.29 is 9.47 Å². The summed E-state index contributed by atoms with van der Waals surface area (Å²) in [4.78, 5) is 8.98. The van der Waals surface area contributed by atoms with Crippen LogP contribution in [0.5, 0.6) is 0 Å². The highest BCUT2D eigenvalue weighted by Crippen LogP contribution is 2.14. The Bertz CT molecular complexity index is 385. The first-order chi connectivity index (χ1) is 9.69. The molecule has 0 saturated heterocycles. The van der Waals surface area contributed by atoms with Crippen LogP contribution in [0.25, 0.3) is 0 Å². The lowest BCUT2D eigenvalue weighted by molar-refractivity contribution is 0.0716. The first-order valence-corrected chi connectivity index (χ1v) is 7.31. The molecule has 1 rings (SSSR count). The number of aromatic nitrogens is 2. The van der Waals surface area contributed by atoms with Gasteiger partial charge in [-0.05, 0) is 26.8 Å². The Morgan fingerprint density at radius 1 is 1.30 bits per heavy atom. The second-order valence-corrected chi connectivity index (χ2v) is 4.86. The summed E-state index contributed by atoms with van der Waals surface area (Å²) in [7, 11) is 1.67. The second-order valence-electron chi connectivity index (χ2n) is 4.86. The molecule has 0 aliphatic carbocycles. The van der Waals surface area contributed by atoms with E-state index >= 15 is 0 Å². The Labute approximate surface area is 122 Å². The molecule has 0 spiro atoms. The van der Waals surface area contributed by atoms with Crippen LogP contribution in [0.3, 0.4) is 0 Å². The molecule has 0 saturated carbocycles. The summed E-state index contributed by atoms with van der Waals surface area (Å²) >= 11 is 0. The van der Waals surface area contributed by atoms with Gasteiger partial charge in [-0.25, -0.2) is 9.97 Å². The van der Waals surface area contributed by atoms with Crippen molar-refractivity contribution in [2.45, 2.75) is 39.7 Å². The van der Waals surface area contributed by atoms with E-state index in [-0.39, 0.29) is 0 Å². The summed E-state index contributed by atoms with van der Waals surface area (Å²) in [5.41, 5.74) is 2.21. The van der Waals surface area contributed by atoms with Crippen molar-refractivity contribution in [1.82, 2.24) is 15.3 Å². The van der Waals surface area contributed by atoms with Crippen molar-refractivity contribution in [3.8, 4) is 0 Å².